The van der Waals surface area contributed by atoms with Gasteiger partial charge in [0.25, 0.3) is 5.91 Å². The summed E-state index contributed by atoms with van der Waals surface area (Å²) in [6, 6.07) is 19.6. The summed E-state index contributed by atoms with van der Waals surface area (Å²) in [5, 5.41) is 0. The molecule has 184 valence electrons. The molecule has 0 saturated carbocycles. The Bertz CT molecular complexity index is 1060. The van der Waals surface area contributed by atoms with Crippen LogP contribution < -0.4 is 4.90 Å². The number of hydrogen-bond donors (Lipinski definition) is 0. The summed E-state index contributed by atoms with van der Waals surface area (Å²) >= 11 is 0. The van der Waals surface area contributed by atoms with Crippen LogP contribution in [0.3, 0.4) is 0 Å². The molecular weight excluding hydrogens is 440 g/mol. The Morgan fingerprint density at radius 1 is 0.943 bits per heavy atom. The van der Waals surface area contributed by atoms with Gasteiger partial charge in [-0.25, -0.2) is 0 Å². The van der Waals surface area contributed by atoms with Gasteiger partial charge in [-0.15, -0.1) is 0 Å². The predicted octanol–water partition coefficient (Wildman–Crippen LogP) is 3.24. The van der Waals surface area contributed by atoms with Gasteiger partial charge in [0, 0.05) is 37.9 Å². The molecule has 1 spiro atoms. The molecule has 4 rings (SSSR count). The van der Waals surface area contributed by atoms with Crippen LogP contribution in [0.1, 0.15) is 32.3 Å². The lowest BCUT2D eigenvalue weighted by Gasteiger charge is -2.43. The zero-order valence-electron chi connectivity index (χ0n) is 20.6. The Labute approximate surface area is 207 Å². The van der Waals surface area contributed by atoms with Crippen molar-refractivity contribution in [2.75, 3.05) is 44.3 Å². The molecule has 0 aliphatic carbocycles. The van der Waals surface area contributed by atoms with E-state index in [9.17, 15) is 14.4 Å². The molecule has 0 N–H and O–H groups in total. The van der Waals surface area contributed by atoms with Gasteiger partial charge in [-0.2, -0.15) is 0 Å². The quantitative estimate of drug-likeness (QED) is 0.578. The number of para-hydroxylation sites is 1. The zero-order valence-corrected chi connectivity index (χ0v) is 20.6. The van der Waals surface area contributed by atoms with E-state index in [4.69, 9.17) is 0 Å². The molecule has 0 radical (unpaired) electrons. The van der Waals surface area contributed by atoms with E-state index in [1.54, 1.807) is 15.9 Å². The van der Waals surface area contributed by atoms with Crippen molar-refractivity contribution < 1.29 is 14.4 Å². The van der Waals surface area contributed by atoms with Crippen LogP contribution in [0.25, 0.3) is 6.08 Å². The molecule has 2 aliphatic heterocycles. The maximum absolute atomic E-state index is 13.8. The number of nitrogens with zero attached hydrogens (tertiary/aromatic N) is 4. The van der Waals surface area contributed by atoms with Crippen LogP contribution in [0.4, 0.5) is 5.69 Å². The van der Waals surface area contributed by atoms with Crippen molar-refractivity contribution in [2.45, 2.75) is 32.2 Å². The molecule has 0 atom stereocenters. The van der Waals surface area contributed by atoms with Gasteiger partial charge in [0.05, 0.1) is 6.67 Å². The summed E-state index contributed by atoms with van der Waals surface area (Å²) in [5.41, 5.74) is 1.19. The molecule has 2 aromatic carbocycles. The highest BCUT2D eigenvalue weighted by molar-refractivity contribution is 5.97. The van der Waals surface area contributed by atoms with Crippen molar-refractivity contribution in [2.24, 2.45) is 0 Å². The summed E-state index contributed by atoms with van der Waals surface area (Å²) in [7, 11) is 0. The van der Waals surface area contributed by atoms with E-state index < -0.39 is 5.54 Å². The minimum Gasteiger partial charge on any atom is -0.342 e. The van der Waals surface area contributed by atoms with Crippen LogP contribution >= 0.6 is 0 Å². The molecule has 2 fully saturated rings. The number of amides is 3. The van der Waals surface area contributed by atoms with Gasteiger partial charge in [0.1, 0.15) is 12.1 Å². The Morgan fingerprint density at radius 2 is 1.54 bits per heavy atom. The average molecular weight is 475 g/mol. The number of rotatable bonds is 7. The molecule has 7 nitrogen and oxygen atoms in total. The molecular formula is C28H34N4O3. The lowest BCUT2D eigenvalue weighted by atomic mass is 9.85. The van der Waals surface area contributed by atoms with E-state index in [0.29, 0.717) is 45.7 Å². The van der Waals surface area contributed by atoms with E-state index >= 15 is 0 Å². The van der Waals surface area contributed by atoms with Crippen molar-refractivity contribution in [1.82, 2.24) is 14.7 Å². The fourth-order valence-corrected chi connectivity index (χ4v) is 5.10. The van der Waals surface area contributed by atoms with Gasteiger partial charge >= 0.3 is 0 Å². The van der Waals surface area contributed by atoms with Crippen LogP contribution in [-0.2, 0) is 14.4 Å². The van der Waals surface area contributed by atoms with Gasteiger partial charge < -0.3 is 19.6 Å². The number of anilines is 1. The maximum Gasteiger partial charge on any atom is 0.250 e. The molecule has 2 heterocycles. The summed E-state index contributed by atoms with van der Waals surface area (Å²) in [6.45, 7) is 6.58. The third-order valence-corrected chi connectivity index (χ3v) is 7.14. The Hall–Kier alpha value is -3.61. The van der Waals surface area contributed by atoms with Gasteiger partial charge in [-0.1, -0.05) is 48.5 Å². The fourth-order valence-electron chi connectivity index (χ4n) is 5.10. The highest BCUT2D eigenvalue weighted by atomic mass is 16.2. The first-order valence-electron chi connectivity index (χ1n) is 12.4. The van der Waals surface area contributed by atoms with E-state index in [-0.39, 0.29) is 24.3 Å². The van der Waals surface area contributed by atoms with Gasteiger partial charge in [0.2, 0.25) is 11.8 Å². The van der Waals surface area contributed by atoms with Gasteiger partial charge in [-0.3, -0.25) is 14.4 Å². The zero-order chi connectivity index (χ0) is 24.8. The second-order valence-corrected chi connectivity index (χ2v) is 9.08. The van der Waals surface area contributed by atoms with E-state index in [1.165, 1.54) is 0 Å². The van der Waals surface area contributed by atoms with Gasteiger partial charge in [-0.05, 0) is 50.5 Å². The van der Waals surface area contributed by atoms with Crippen molar-refractivity contribution in [3.05, 3.63) is 72.3 Å². The van der Waals surface area contributed by atoms with Crippen LogP contribution in [0.15, 0.2) is 66.7 Å². The second-order valence-electron chi connectivity index (χ2n) is 9.08. The third kappa shape index (κ3) is 5.09. The van der Waals surface area contributed by atoms with E-state index in [0.717, 1.165) is 11.3 Å². The molecule has 0 aromatic heterocycles. The van der Waals surface area contributed by atoms with Crippen LogP contribution in [-0.4, -0.2) is 77.4 Å². The maximum atomic E-state index is 13.8. The predicted molar refractivity (Wildman–Crippen MR) is 137 cm³/mol. The smallest absolute Gasteiger partial charge is 0.250 e. The first kappa shape index (κ1) is 24.5. The monoisotopic (exact) mass is 474 g/mol. The lowest BCUT2D eigenvalue weighted by molar-refractivity contribution is -0.141. The number of carbonyl (C=O) groups excluding carboxylic acids is 3. The lowest BCUT2D eigenvalue weighted by Crippen LogP contribution is -2.57. The van der Waals surface area contributed by atoms with Crippen molar-refractivity contribution >= 4 is 29.5 Å². The van der Waals surface area contributed by atoms with E-state index in [1.807, 2.05) is 85.5 Å². The number of hydrogen-bond acceptors (Lipinski definition) is 4. The van der Waals surface area contributed by atoms with Crippen molar-refractivity contribution in [3.8, 4) is 0 Å². The highest BCUT2D eigenvalue weighted by Crippen LogP contribution is 2.39. The molecule has 7 heteroatoms. The first-order valence-corrected chi connectivity index (χ1v) is 12.4. The first-order chi connectivity index (χ1) is 17.0. The Kier molecular flexibility index (Phi) is 7.54. The molecule has 3 amide bonds. The fraction of sp³-hybridized carbons (Fsp3) is 0.393. The number of likely N-dealkylation sites (N-methyl/N-ethyl adjacent to an activating group) is 1. The largest absolute Gasteiger partial charge is 0.342 e. The van der Waals surface area contributed by atoms with Gasteiger partial charge in [0.15, 0.2) is 0 Å². The van der Waals surface area contributed by atoms with E-state index in [2.05, 4.69) is 4.90 Å². The normalized spacial score (nSPS) is 17.4. The van der Waals surface area contributed by atoms with Crippen molar-refractivity contribution in [1.29, 1.82) is 0 Å². The van der Waals surface area contributed by atoms with Crippen LogP contribution in [0.2, 0.25) is 0 Å². The number of benzene rings is 2. The summed E-state index contributed by atoms with van der Waals surface area (Å²) < 4.78 is 0. The number of carbonyl (C=O) groups is 3. The standard InChI is InChI=1S/C28H34N4O3/c1-3-29(4-2)26(34)21-31-22-32(24-13-9-6-10-14-24)28(27(31)35)17-19-30(20-18-28)25(33)16-15-23-11-7-5-8-12-23/h5-16H,3-4,17-22H2,1-2H3. The minimum absolute atomic E-state index is 0.0196. The Morgan fingerprint density at radius 3 is 2.14 bits per heavy atom. The minimum atomic E-state index is -0.745. The molecule has 35 heavy (non-hydrogen) atoms. The number of piperidine rings is 1. The number of likely N-dealkylation sites (tertiary alicyclic amines) is 1. The summed E-state index contributed by atoms with van der Waals surface area (Å²) in [4.78, 5) is 46.8. The second kappa shape index (κ2) is 10.8. The SMILES string of the molecule is CCN(CC)C(=O)CN1CN(c2ccccc2)C2(CCN(C(=O)C=Cc3ccccc3)CC2)C1=O. The average Bonchev–Trinajstić information content (AvgIpc) is 3.15. The summed E-state index contributed by atoms with van der Waals surface area (Å²) in [5.74, 6) is -0.102. The molecule has 2 aromatic rings. The van der Waals surface area contributed by atoms with Crippen LogP contribution in [0, 0.1) is 0 Å². The molecule has 0 bridgehead atoms. The Balaban J connectivity index is 1.51. The molecule has 2 aliphatic rings. The third-order valence-electron chi connectivity index (χ3n) is 7.14. The van der Waals surface area contributed by atoms with Crippen LogP contribution in [0.5, 0.6) is 0 Å². The molecule has 2 saturated heterocycles. The van der Waals surface area contributed by atoms with Crippen molar-refractivity contribution in [3.63, 3.8) is 0 Å². The topological polar surface area (TPSA) is 64.2 Å². The summed E-state index contributed by atoms with van der Waals surface area (Å²) in [6.07, 6.45) is 4.49. The highest BCUT2D eigenvalue weighted by Gasteiger charge is 2.54. The molecule has 0 unspecified atom stereocenters.